The zero-order chi connectivity index (χ0) is 45.2. The SMILES string of the molecule is CCCOc1c2cccc1Cc1cccc3c1OCCOCCOc1cccc4c1C(=O)c1c(cccc1C4=O)OCCOCCOc1c(cccc1Cc1cccc(c1OCCC)C3)C2. The number of benzene rings is 6. The number of rotatable bonds is 6. The van der Waals surface area contributed by atoms with E-state index in [9.17, 15) is 9.59 Å². The van der Waals surface area contributed by atoms with Gasteiger partial charge in [-0.2, -0.15) is 0 Å². The van der Waals surface area contributed by atoms with E-state index in [1.807, 2.05) is 0 Å². The van der Waals surface area contributed by atoms with E-state index >= 15 is 0 Å². The van der Waals surface area contributed by atoms with E-state index in [2.05, 4.69) is 86.6 Å². The smallest absolute Gasteiger partial charge is 0.201 e. The molecule has 2 heterocycles. The molecule has 340 valence electrons. The summed E-state index contributed by atoms with van der Waals surface area (Å²) < 4.78 is 51.3. The standard InChI is InChI=1S/C56H56O10/c1-3-23-63-53-37-11-5-12-38(53)34-42-16-8-18-44-36-40-14-6-13-39(54(40)64-24-4-2)35-43-17-7-15-41(33-37)55(43)65-31-27-59-25-29-61-47-21-9-19-45-49(47)52(58)50-46(51(45)57)20-10-22-48(50)62-30-26-60-28-32-66-56(42)44/h5-22H,3-4,23-36H2,1-2H3. The van der Waals surface area contributed by atoms with Crippen molar-refractivity contribution in [3.63, 3.8) is 0 Å². The Kier molecular flexibility index (Phi) is 14.3. The van der Waals surface area contributed by atoms with Gasteiger partial charge in [-0.05, 0) is 69.5 Å². The molecular formula is C56H56O10. The van der Waals surface area contributed by atoms with Crippen LogP contribution in [0.5, 0.6) is 34.5 Å². The fourth-order valence-corrected chi connectivity index (χ4v) is 9.09. The molecule has 0 saturated carbocycles. The number of carbonyl (C=O) groups is 2. The van der Waals surface area contributed by atoms with Gasteiger partial charge in [-0.15, -0.1) is 0 Å². The van der Waals surface area contributed by atoms with E-state index < -0.39 is 0 Å². The first-order valence-electron chi connectivity index (χ1n) is 23.2. The average Bonchev–Trinajstić information content (AvgIpc) is 3.32. The van der Waals surface area contributed by atoms with Gasteiger partial charge >= 0.3 is 0 Å². The lowest BCUT2D eigenvalue weighted by atomic mass is 9.83. The molecule has 0 aromatic heterocycles. The first-order chi connectivity index (χ1) is 32.5. The molecule has 0 N–H and O–H groups in total. The van der Waals surface area contributed by atoms with Crippen molar-refractivity contribution in [1.29, 1.82) is 0 Å². The maximum atomic E-state index is 14.2. The van der Waals surface area contributed by atoms with Gasteiger partial charge in [0.1, 0.15) is 60.9 Å². The normalized spacial score (nSPS) is 15.4. The largest absolute Gasteiger partial charge is 0.493 e. The van der Waals surface area contributed by atoms with Crippen LogP contribution in [0.1, 0.15) is 103 Å². The number of para-hydroxylation sites is 4. The Morgan fingerprint density at radius 3 is 1.09 bits per heavy atom. The van der Waals surface area contributed by atoms with Gasteiger partial charge in [-0.1, -0.05) is 111 Å². The second-order valence-corrected chi connectivity index (χ2v) is 16.7. The summed E-state index contributed by atoms with van der Waals surface area (Å²) in [5, 5.41) is 0. The molecule has 0 atom stereocenters. The van der Waals surface area contributed by atoms with Crippen molar-refractivity contribution in [2.75, 3.05) is 66.1 Å². The Morgan fingerprint density at radius 1 is 0.394 bits per heavy atom. The van der Waals surface area contributed by atoms with Gasteiger partial charge in [-0.3, -0.25) is 9.59 Å². The minimum Gasteiger partial charge on any atom is -0.493 e. The van der Waals surface area contributed by atoms with Crippen molar-refractivity contribution in [2.45, 2.75) is 52.4 Å². The van der Waals surface area contributed by atoms with E-state index in [1.165, 1.54) is 0 Å². The second-order valence-electron chi connectivity index (χ2n) is 16.7. The number of fused-ring (bicyclic) bond motifs is 12. The Hall–Kier alpha value is -6.62. The lowest BCUT2D eigenvalue weighted by Crippen LogP contribution is -2.24. The Labute approximate surface area is 386 Å². The quantitative estimate of drug-likeness (QED) is 0.150. The number of carbonyl (C=O) groups excluding carboxylic acids is 2. The molecule has 66 heavy (non-hydrogen) atoms. The molecule has 6 aromatic rings. The average molecular weight is 889 g/mol. The van der Waals surface area contributed by atoms with E-state index in [0.29, 0.717) is 74.7 Å². The minimum atomic E-state index is -0.329. The van der Waals surface area contributed by atoms with Crippen molar-refractivity contribution >= 4 is 11.6 Å². The third-order valence-corrected chi connectivity index (χ3v) is 12.1. The highest BCUT2D eigenvalue weighted by atomic mass is 16.6. The van der Waals surface area contributed by atoms with Crippen LogP contribution in [0.4, 0.5) is 0 Å². The van der Waals surface area contributed by atoms with Crippen LogP contribution in [0.3, 0.4) is 0 Å². The molecule has 10 rings (SSSR count). The van der Waals surface area contributed by atoms with Gasteiger partial charge in [0.2, 0.25) is 5.78 Å². The van der Waals surface area contributed by atoms with E-state index in [4.69, 9.17) is 37.9 Å². The van der Waals surface area contributed by atoms with Crippen molar-refractivity contribution in [2.24, 2.45) is 0 Å². The monoisotopic (exact) mass is 888 g/mol. The summed E-state index contributed by atoms with van der Waals surface area (Å²) in [7, 11) is 0. The fraction of sp³-hybridized carbons (Fsp3) is 0.321. The third-order valence-electron chi connectivity index (χ3n) is 12.1. The lowest BCUT2D eigenvalue weighted by Gasteiger charge is -2.23. The summed E-state index contributed by atoms with van der Waals surface area (Å²) in [5.41, 5.74) is 9.47. The first-order valence-corrected chi connectivity index (χ1v) is 23.2. The highest BCUT2D eigenvalue weighted by molar-refractivity contribution is 6.30. The molecule has 12 bridgehead atoms. The predicted molar refractivity (Wildman–Crippen MR) is 252 cm³/mol. The second kappa shape index (κ2) is 21.1. The Balaban J connectivity index is 1.10. The number of ketones is 2. The highest BCUT2D eigenvalue weighted by Gasteiger charge is 2.35. The molecule has 10 heteroatoms. The zero-order valence-electron chi connectivity index (χ0n) is 37.8. The van der Waals surface area contributed by atoms with Crippen LogP contribution in [-0.2, 0) is 35.2 Å². The molecule has 0 spiro atoms. The summed E-state index contributed by atoms with van der Waals surface area (Å²) >= 11 is 0. The molecule has 0 saturated heterocycles. The van der Waals surface area contributed by atoms with E-state index in [-0.39, 0.29) is 62.3 Å². The molecule has 0 radical (unpaired) electrons. The van der Waals surface area contributed by atoms with Gasteiger partial charge in [0, 0.05) is 36.8 Å². The summed E-state index contributed by atoms with van der Waals surface area (Å²) in [6.45, 7) is 7.37. The highest BCUT2D eigenvalue weighted by Crippen LogP contribution is 2.40. The molecule has 0 fully saturated rings. The van der Waals surface area contributed by atoms with Crippen LogP contribution in [-0.4, -0.2) is 77.6 Å². The van der Waals surface area contributed by atoms with Crippen LogP contribution in [0.25, 0.3) is 0 Å². The van der Waals surface area contributed by atoms with Gasteiger partial charge in [0.25, 0.3) is 0 Å². The van der Waals surface area contributed by atoms with Crippen LogP contribution < -0.4 is 28.4 Å². The first kappa shape index (κ1) is 44.6. The molecule has 0 unspecified atom stereocenters. The van der Waals surface area contributed by atoms with Crippen LogP contribution in [0.2, 0.25) is 0 Å². The molecule has 6 aromatic carbocycles. The van der Waals surface area contributed by atoms with E-state index in [1.54, 1.807) is 36.4 Å². The van der Waals surface area contributed by atoms with Gasteiger partial charge in [-0.25, -0.2) is 0 Å². The Bertz CT molecular complexity index is 2440. The molecule has 2 aliphatic heterocycles. The van der Waals surface area contributed by atoms with Gasteiger partial charge in [0.15, 0.2) is 5.78 Å². The fourth-order valence-electron chi connectivity index (χ4n) is 9.09. The molecule has 10 nitrogen and oxygen atoms in total. The van der Waals surface area contributed by atoms with Crippen LogP contribution in [0.15, 0.2) is 109 Å². The molecule has 4 aliphatic rings. The van der Waals surface area contributed by atoms with Crippen molar-refractivity contribution in [3.05, 3.63) is 176 Å². The maximum absolute atomic E-state index is 14.2. The summed E-state index contributed by atoms with van der Waals surface area (Å²) in [4.78, 5) is 28.0. The number of hydrogen-bond acceptors (Lipinski definition) is 10. The van der Waals surface area contributed by atoms with Crippen molar-refractivity contribution in [1.82, 2.24) is 0 Å². The molecule has 0 amide bonds. The van der Waals surface area contributed by atoms with Crippen LogP contribution >= 0.6 is 0 Å². The third kappa shape index (κ3) is 9.66. The predicted octanol–water partition coefficient (Wildman–Crippen LogP) is 9.98. The lowest BCUT2D eigenvalue weighted by molar-refractivity contribution is 0.0746. The van der Waals surface area contributed by atoms with Gasteiger partial charge in [0.05, 0.1) is 50.8 Å². The molecular weight excluding hydrogens is 833 g/mol. The zero-order valence-corrected chi connectivity index (χ0v) is 37.8. The van der Waals surface area contributed by atoms with Crippen LogP contribution in [0, 0.1) is 0 Å². The van der Waals surface area contributed by atoms with Crippen molar-refractivity contribution in [3.8, 4) is 34.5 Å². The topological polar surface area (TPSA) is 108 Å². The summed E-state index contributed by atoms with van der Waals surface area (Å²) in [6, 6.07) is 35.8. The summed E-state index contributed by atoms with van der Waals surface area (Å²) in [6.07, 6.45) is 4.09. The van der Waals surface area contributed by atoms with E-state index in [0.717, 1.165) is 80.3 Å². The van der Waals surface area contributed by atoms with Crippen molar-refractivity contribution < 1.29 is 47.5 Å². The van der Waals surface area contributed by atoms with Gasteiger partial charge < -0.3 is 37.9 Å². The Morgan fingerprint density at radius 2 is 0.727 bits per heavy atom. The number of ether oxygens (including phenoxy) is 8. The number of hydrogen-bond donors (Lipinski definition) is 0. The maximum Gasteiger partial charge on any atom is 0.201 e. The minimum absolute atomic E-state index is 0.157. The molecule has 2 aliphatic carbocycles. The summed E-state index contributed by atoms with van der Waals surface area (Å²) in [5.74, 6) is 3.42.